The molecule has 9 heteroatoms. The molecule has 0 spiro atoms. The molecule has 9 nitrogen and oxygen atoms in total. The number of fused-ring (bicyclic) bond motifs is 2. The minimum Gasteiger partial charge on any atom is -0.444 e. The van der Waals surface area contributed by atoms with E-state index in [-0.39, 0.29) is 17.7 Å². The van der Waals surface area contributed by atoms with Crippen LogP contribution in [0.3, 0.4) is 0 Å². The molecule has 0 bridgehead atoms. The number of hydrogen-bond acceptors (Lipinski definition) is 6. The molecule has 1 unspecified atom stereocenters. The maximum absolute atomic E-state index is 13.6. The molecule has 1 fully saturated rings. The van der Waals surface area contributed by atoms with Gasteiger partial charge in [-0.1, -0.05) is 0 Å². The molecule has 1 aliphatic heterocycles. The van der Waals surface area contributed by atoms with Gasteiger partial charge in [-0.2, -0.15) is 5.10 Å². The van der Waals surface area contributed by atoms with Crippen molar-refractivity contribution >= 4 is 28.2 Å². The second-order valence-electron chi connectivity index (χ2n) is 10.5. The second kappa shape index (κ2) is 8.65. The number of imidazole rings is 1. The van der Waals surface area contributed by atoms with E-state index in [0.29, 0.717) is 24.9 Å². The summed E-state index contributed by atoms with van der Waals surface area (Å²) in [5.41, 5.74) is 4.62. The number of rotatable bonds is 3. The molecule has 188 valence electrons. The molecular weight excluding hydrogens is 456 g/mol. The standard InChI is InChI=1S/C27H32N6O3/c1-16-11-21(30-33-14-17(2)29-24(16)33)19-12-18-7-10-32(25(34)23(18)22(13-19)28-6)20-8-9-31(15-20)26(35)36-27(3,4)5/h7,10-14,20,28H,8-9,15H2,1-6H3. The lowest BCUT2D eigenvalue weighted by molar-refractivity contribution is 0.0289. The van der Waals surface area contributed by atoms with Crippen LogP contribution < -0.4 is 10.9 Å². The van der Waals surface area contributed by atoms with Gasteiger partial charge in [-0.25, -0.2) is 14.3 Å². The largest absolute Gasteiger partial charge is 0.444 e. The molecule has 1 saturated heterocycles. The number of likely N-dealkylation sites (tertiary alicyclic amines) is 1. The van der Waals surface area contributed by atoms with Crippen molar-refractivity contribution in [3.8, 4) is 11.3 Å². The number of carbonyl (C=O) groups excluding carboxylic acids is 1. The van der Waals surface area contributed by atoms with Gasteiger partial charge in [-0.05, 0) is 76.3 Å². The van der Waals surface area contributed by atoms with Gasteiger partial charge in [-0.3, -0.25) is 4.79 Å². The van der Waals surface area contributed by atoms with Gasteiger partial charge in [0.05, 0.1) is 29.0 Å². The van der Waals surface area contributed by atoms with Gasteiger partial charge in [0.15, 0.2) is 5.65 Å². The van der Waals surface area contributed by atoms with Crippen molar-refractivity contribution in [1.29, 1.82) is 0 Å². The van der Waals surface area contributed by atoms with E-state index < -0.39 is 5.60 Å². The van der Waals surface area contributed by atoms with Crippen LogP contribution in [0.15, 0.2) is 41.5 Å². The summed E-state index contributed by atoms with van der Waals surface area (Å²) in [6.45, 7) is 10.5. The molecule has 1 atom stereocenters. The minimum absolute atomic E-state index is 0.0794. The zero-order valence-electron chi connectivity index (χ0n) is 21.6. The Bertz CT molecular complexity index is 1550. The van der Waals surface area contributed by atoms with Crippen molar-refractivity contribution in [2.75, 3.05) is 25.5 Å². The summed E-state index contributed by atoms with van der Waals surface area (Å²) in [6.07, 6.45) is 4.10. The Labute approximate surface area is 209 Å². The molecule has 4 aromatic rings. The topological polar surface area (TPSA) is 93.8 Å². The number of ether oxygens (including phenoxy) is 1. The molecule has 36 heavy (non-hydrogen) atoms. The third-order valence-electron chi connectivity index (χ3n) is 6.54. The van der Waals surface area contributed by atoms with E-state index in [4.69, 9.17) is 9.84 Å². The monoisotopic (exact) mass is 488 g/mol. The third kappa shape index (κ3) is 4.29. The van der Waals surface area contributed by atoms with E-state index in [1.807, 2.05) is 78.3 Å². The van der Waals surface area contributed by atoms with Gasteiger partial charge in [0, 0.05) is 37.6 Å². The normalized spacial score (nSPS) is 16.2. The molecule has 1 amide bonds. The predicted octanol–water partition coefficient (Wildman–Crippen LogP) is 4.55. The number of pyridine rings is 1. The average Bonchev–Trinajstić information content (AvgIpc) is 3.44. The van der Waals surface area contributed by atoms with Gasteiger partial charge in [0.2, 0.25) is 0 Å². The second-order valence-corrected chi connectivity index (χ2v) is 10.5. The van der Waals surface area contributed by atoms with Crippen LogP contribution in [0.4, 0.5) is 10.5 Å². The molecule has 4 heterocycles. The van der Waals surface area contributed by atoms with E-state index in [9.17, 15) is 9.59 Å². The highest BCUT2D eigenvalue weighted by atomic mass is 16.6. The summed E-state index contributed by atoms with van der Waals surface area (Å²) in [6, 6.07) is 7.85. The van der Waals surface area contributed by atoms with Crippen molar-refractivity contribution < 1.29 is 9.53 Å². The lowest BCUT2D eigenvalue weighted by Gasteiger charge is -2.24. The Morgan fingerprint density at radius 3 is 2.69 bits per heavy atom. The first-order valence-electron chi connectivity index (χ1n) is 12.2. The Morgan fingerprint density at radius 1 is 1.19 bits per heavy atom. The van der Waals surface area contributed by atoms with Crippen molar-refractivity contribution in [2.24, 2.45) is 0 Å². The van der Waals surface area contributed by atoms with Crippen molar-refractivity contribution in [1.82, 2.24) is 24.1 Å². The maximum atomic E-state index is 13.6. The molecule has 0 radical (unpaired) electrons. The first-order chi connectivity index (χ1) is 17.0. The van der Waals surface area contributed by atoms with E-state index in [2.05, 4.69) is 10.3 Å². The Hall–Kier alpha value is -3.88. The summed E-state index contributed by atoms with van der Waals surface area (Å²) >= 11 is 0. The van der Waals surface area contributed by atoms with E-state index in [1.165, 1.54) is 0 Å². The van der Waals surface area contributed by atoms with E-state index in [1.54, 1.807) is 14.0 Å². The predicted molar refractivity (Wildman–Crippen MR) is 141 cm³/mol. The lowest BCUT2D eigenvalue weighted by atomic mass is 10.0. The smallest absolute Gasteiger partial charge is 0.410 e. The quantitative estimate of drug-likeness (QED) is 0.455. The molecule has 1 N–H and O–H groups in total. The summed E-state index contributed by atoms with van der Waals surface area (Å²) in [4.78, 5) is 32.4. The molecular formula is C27H32N6O3. The number of hydrogen-bond donors (Lipinski definition) is 1. The molecule has 1 aliphatic rings. The fourth-order valence-electron chi connectivity index (χ4n) is 4.87. The van der Waals surface area contributed by atoms with Crippen LogP contribution in [0, 0.1) is 13.8 Å². The van der Waals surface area contributed by atoms with Gasteiger partial charge < -0.3 is 19.5 Å². The Balaban J connectivity index is 1.51. The number of nitrogens with one attached hydrogen (secondary N) is 1. The highest BCUT2D eigenvalue weighted by Gasteiger charge is 2.31. The van der Waals surface area contributed by atoms with Crippen LogP contribution in [0.5, 0.6) is 0 Å². The number of benzene rings is 1. The molecule has 0 saturated carbocycles. The van der Waals surface area contributed by atoms with Crippen LogP contribution in [0.25, 0.3) is 27.7 Å². The van der Waals surface area contributed by atoms with Crippen molar-refractivity contribution in [3.05, 3.63) is 58.3 Å². The molecule has 1 aromatic carbocycles. The van der Waals surface area contributed by atoms with Crippen LogP contribution in [-0.2, 0) is 4.74 Å². The van der Waals surface area contributed by atoms with Crippen LogP contribution >= 0.6 is 0 Å². The lowest BCUT2D eigenvalue weighted by Crippen LogP contribution is -2.36. The minimum atomic E-state index is -0.553. The first-order valence-corrected chi connectivity index (χ1v) is 12.2. The van der Waals surface area contributed by atoms with Crippen LogP contribution in [-0.4, -0.2) is 55.9 Å². The number of aromatic nitrogens is 4. The van der Waals surface area contributed by atoms with Crippen LogP contribution in [0.1, 0.15) is 44.5 Å². The fraction of sp³-hybridized carbons (Fsp3) is 0.407. The average molecular weight is 489 g/mol. The van der Waals surface area contributed by atoms with Crippen molar-refractivity contribution in [2.45, 2.75) is 52.7 Å². The summed E-state index contributed by atoms with van der Waals surface area (Å²) in [5.74, 6) is 0. The Morgan fingerprint density at radius 2 is 1.97 bits per heavy atom. The molecule has 0 aliphatic carbocycles. The fourth-order valence-corrected chi connectivity index (χ4v) is 4.87. The summed E-state index contributed by atoms with van der Waals surface area (Å²) in [7, 11) is 1.82. The molecule has 5 rings (SSSR count). The van der Waals surface area contributed by atoms with Crippen molar-refractivity contribution in [3.63, 3.8) is 0 Å². The number of amides is 1. The van der Waals surface area contributed by atoms with Gasteiger partial charge in [0.25, 0.3) is 5.56 Å². The molecule has 3 aromatic heterocycles. The van der Waals surface area contributed by atoms with Gasteiger partial charge in [-0.15, -0.1) is 0 Å². The summed E-state index contributed by atoms with van der Waals surface area (Å²) in [5, 5.41) is 9.41. The highest BCUT2D eigenvalue weighted by molar-refractivity contribution is 5.96. The summed E-state index contributed by atoms with van der Waals surface area (Å²) < 4.78 is 9.06. The third-order valence-corrected chi connectivity index (χ3v) is 6.54. The number of aryl methyl sites for hydroxylation is 2. The number of carbonyl (C=O) groups is 1. The van der Waals surface area contributed by atoms with Gasteiger partial charge in [0.1, 0.15) is 5.60 Å². The zero-order valence-corrected chi connectivity index (χ0v) is 21.6. The number of nitrogens with zero attached hydrogens (tertiary/aromatic N) is 5. The first kappa shape index (κ1) is 23.8. The SMILES string of the molecule is CNc1cc(-c2cc(C)c3nc(C)cn3n2)cc2ccn(C3CCN(C(=O)OC(C)(C)C)C3)c(=O)c12. The zero-order chi connectivity index (χ0) is 25.8. The van der Waals surface area contributed by atoms with E-state index in [0.717, 1.165) is 39.2 Å². The van der Waals surface area contributed by atoms with Crippen LogP contribution in [0.2, 0.25) is 0 Å². The van der Waals surface area contributed by atoms with E-state index >= 15 is 0 Å². The maximum Gasteiger partial charge on any atom is 0.410 e. The number of anilines is 1. The highest BCUT2D eigenvalue weighted by Crippen LogP contribution is 2.30. The van der Waals surface area contributed by atoms with Gasteiger partial charge >= 0.3 is 6.09 Å². The Kier molecular flexibility index (Phi) is 5.73.